The average molecular weight is 700 g/mol. The Morgan fingerprint density at radius 3 is 1.80 bits per heavy atom. The number of benzene rings is 9. The number of pyridine rings is 1. The molecule has 10 aromatic rings. The van der Waals surface area contributed by atoms with E-state index in [0.29, 0.717) is 0 Å². The normalized spacial score (nSPS) is 13.1. The first kappa shape index (κ1) is 31.7. The molecule has 0 saturated carbocycles. The third-order valence-electron chi connectivity index (χ3n) is 12.1. The van der Waals surface area contributed by atoms with Crippen molar-refractivity contribution in [3.05, 3.63) is 199 Å². The Morgan fingerprint density at radius 2 is 0.945 bits per heavy atom. The van der Waals surface area contributed by atoms with Crippen LogP contribution in [-0.4, -0.2) is 4.98 Å². The van der Waals surface area contributed by atoms with Crippen LogP contribution in [-0.2, 0) is 5.41 Å². The highest BCUT2D eigenvalue weighted by molar-refractivity contribution is 6.23. The molecule has 1 aliphatic rings. The first-order chi connectivity index (χ1) is 27.1. The molecule has 0 unspecified atom stereocenters. The molecule has 0 saturated heterocycles. The number of para-hydroxylation sites is 1. The number of hydrogen-bond donors (Lipinski definition) is 0. The molecule has 1 heteroatoms. The molecule has 0 fully saturated rings. The summed E-state index contributed by atoms with van der Waals surface area (Å²) in [7, 11) is 0. The Kier molecular flexibility index (Phi) is 6.97. The minimum absolute atomic E-state index is 0.107. The van der Waals surface area contributed by atoms with Crippen LogP contribution in [0.15, 0.2) is 188 Å². The van der Waals surface area contributed by atoms with E-state index in [0.717, 1.165) is 22.2 Å². The molecule has 9 aromatic carbocycles. The van der Waals surface area contributed by atoms with E-state index in [2.05, 4.69) is 202 Å². The molecule has 0 atom stereocenters. The van der Waals surface area contributed by atoms with Crippen LogP contribution >= 0.6 is 0 Å². The van der Waals surface area contributed by atoms with Gasteiger partial charge in [-0.1, -0.05) is 184 Å². The fourth-order valence-corrected chi connectivity index (χ4v) is 9.51. The standard InChI is InChI=1S/C54H37N/c1-54(2)47-27-12-10-24-43(47)52-44(26-15-28-48(52)54)51-40-22-8-9-23-41(40)53(50-33-45(35-16-4-3-5-17-35)39-21-11-13-29-49(39)55-50)42-31-30-36(32-46(42)51)38-25-14-19-34-18-6-7-20-37(34)38/h3-33H,1-2H3. The second-order valence-electron chi connectivity index (χ2n) is 15.4. The lowest BCUT2D eigenvalue weighted by atomic mass is 9.80. The summed E-state index contributed by atoms with van der Waals surface area (Å²) in [5.74, 6) is 0. The van der Waals surface area contributed by atoms with Gasteiger partial charge in [-0.3, -0.25) is 0 Å². The van der Waals surface area contributed by atoms with Crippen molar-refractivity contribution in [2.45, 2.75) is 19.3 Å². The van der Waals surface area contributed by atoms with E-state index in [1.165, 1.54) is 88.0 Å². The van der Waals surface area contributed by atoms with E-state index >= 15 is 0 Å². The van der Waals surface area contributed by atoms with Crippen LogP contribution in [0, 0.1) is 0 Å². The van der Waals surface area contributed by atoms with Crippen LogP contribution in [0.5, 0.6) is 0 Å². The van der Waals surface area contributed by atoms with Gasteiger partial charge in [0.05, 0.1) is 11.2 Å². The second-order valence-corrected chi connectivity index (χ2v) is 15.4. The molecular formula is C54H37N. The van der Waals surface area contributed by atoms with E-state index in [4.69, 9.17) is 4.98 Å². The minimum Gasteiger partial charge on any atom is -0.248 e. The fraction of sp³-hybridized carbons (Fsp3) is 0.0556. The summed E-state index contributed by atoms with van der Waals surface area (Å²) in [6.45, 7) is 4.74. The van der Waals surface area contributed by atoms with Crippen molar-refractivity contribution in [3.63, 3.8) is 0 Å². The molecular weight excluding hydrogens is 663 g/mol. The van der Waals surface area contributed by atoms with Crippen molar-refractivity contribution in [2.75, 3.05) is 0 Å². The Morgan fingerprint density at radius 1 is 0.345 bits per heavy atom. The summed E-state index contributed by atoms with van der Waals surface area (Å²) >= 11 is 0. The van der Waals surface area contributed by atoms with Gasteiger partial charge in [-0.05, 0) is 106 Å². The van der Waals surface area contributed by atoms with Gasteiger partial charge in [0.25, 0.3) is 0 Å². The maximum Gasteiger partial charge on any atom is 0.0728 e. The first-order valence-electron chi connectivity index (χ1n) is 19.2. The molecule has 11 rings (SSSR count). The summed E-state index contributed by atoms with van der Waals surface area (Å²) in [5.41, 5.74) is 15.8. The van der Waals surface area contributed by atoms with E-state index < -0.39 is 0 Å². The molecule has 0 amide bonds. The van der Waals surface area contributed by atoms with Gasteiger partial charge in [0.2, 0.25) is 0 Å². The van der Waals surface area contributed by atoms with E-state index in [1.54, 1.807) is 0 Å². The van der Waals surface area contributed by atoms with Crippen LogP contribution in [0.25, 0.3) is 99.0 Å². The number of aromatic nitrogens is 1. The third kappa shape index (κ3) is 4.76. The molecule has 0 N–H and O–H groups in total. The zero-order chi connectivity index (χ0) is 36.7. The Hall–Kier alpha value is -6.83. The molecule has 0 bridgehead atoms. The predicted molar refractivity (Wildman–Crippen MR) is 234 cm³/mol. The number of nitrogens with zero attached hydrogens (tertiary/aromatic N) is 1. The van der Waals surface area contributed by atoms with E-state index in [1.807, 2.05) is 0 Å². The van der Waals surface area contributed by atoms with Crippen LogP contribution in [0.3, 0.4) is 0 Å². The fourth-order valence-electron chi connectivity index (χ4n) is 9.51. The second kappa shape index (κ2) is 12.1. The SMILES string of the molecule is CC1(C)c2ccccc2-c2c(-c3c4ccccc4c(-c4cc(-c5ccccc5)c5ccccc5n4)c4ccc(-c5cccc6ccccc56)cc34)cccc21. The van der Waals surface area contributed by atoms with E-state index in [9.17, 15) is 0 Å². The topological polar surface area (TPSA) is 12.9 Å². The van der Waals surface area contributed by atoms with Crippen LogP contribution < -0.4 is 0 Å². The minimum atomic E-state index is -0.107. The Balaban J connectivity index is 1.30. The molecule has 0 radical (unpaired) electrons. The summed E-state index contributed by atoms with van der Waals surface area (Å²) in [5, 5.41) is 8.51. The largest absolute Gasteiger partial charge is 0.248 e. The van der Waals surface area contributed by atoms with Gasteiger partial charge < -0.3 is 0 Å². The maximum absolute atomic E-state index is 5.46. The number of fused-ring (bicyclic) bond motifs is 7. The molecule has 1 nitrogen and oxygen atoms in total. The molecule has 0 aliphatic heterocycles. The van der Waals surface area contributed by atoms with Crippen molar-refractivity contribution in [1.29, 1.82) is 0 Å². The lowest BCUT2D eigenvalue weighted by Crippen LogP contribution is -2.14. The van der Waals surface area contributed by atoms with Crippen molar-refractivity contribution < 1.29 is 0 Å². The summed E-state index contributed by atoms with van der Waals surface area (Å²) in [6.07, 6.45) is 0. The zero-order valence-corrected chi connectivity index (χ0v) is 30.8. The van der Waals surface area contributed by atoms with Gasteiger partial charge in [0.1, 0.15) is 0 Å². The first-order valence-corrected chi connectivity index (χ1v) is 19.2. The number of rotatable bonds is 4. The summed E-state index contributed by atoms with van der Waals surface area (Å²) in [6, 6.07) is 69.1. The highest BCUT2D eigenvalue weighted by Crippen LogP contribution is 2.55. The van der Waals surface area contributed by atoms with Gasteiger partial charge in [0, 0.05) is 16.4 Å². The van der Waals surface area contributed by atoms with Crippen molar-refractivity contribution >= 4 is 43.2 Å². The monoisotopic (exact) mass is 699 g/mol. The maximum atomic E-state index is 5.46. The summed E-state index contributed by atoms with van der Waals surface area (Å²) in [4.78, 5) is 5.46. The lowest BCUT2D eigenvalue weighted by molar-refractivity contribution is 0.660. The summed E-state index contributed by atoms with van der Waals surface area (Å²) < 4.78 is 0. The van der Waals surface area contributed by atoms with Gasteiger partial charge in [-0.15, -0.1) is 0 Å². The Labute approximate surface area is 321 Å². The van der Waals surface area contributed by atoms with Crippen LogP contribution in [0.1, 0.15) is 25.0 Å². The Bertz CT molecular complexity index is 3160. The third-order valence-corrected chi connectivity index (χ3v) is 12.1. The van der Waals surface area contributed by atoms with Crippen molar-refractivity contribution in [2.24, 2.45) is 0 Å². The quantitative estimate of drug-likeness (QED) is 0.167. The lowest BCUT2D eigenvalue weighted by Gasteiger charge is -2.23. The van der Waals surface area contributed by atoms with Gasteiger partial charge in [0.15, 0.2) is 0 Å². The molecule has 1 heterocycles. The molecule has 1 aromatic heterocycles. The highest BCUT2D eigenvalue weighted by Gasteiger charge is 2.37. The molecule has 55 heavy (non-hydrogen) atoms. The molecule has 258 valence electrons. The smallest absolute Gasteiger partial charge is 0.0728 e. The highest BCUT2D eigenvalue weighted by atomic mass is 14.7. The van der Waals surface area contributed by atoms with Gasteiger partial charge >= 0.3 is 0 Å². The number of hydrogen-bond acceptors (Lipinski definition) is 1. The molecule has 0 spiro atoms. The van der Waals surface area contributed by atoms with E-state index in [-0.39, 0.29) is 5.41 Å². The average Bonchev–Trinajstić information content (AvgIpc) is 3.48. The predicted octanol–water partition coefficient (Wildman–Crippen LogP) is 14.7. The zero-order valence-electron chi connectivity index (χ0n) is 30.8. The molecule has 1 aliphatic carbocycles. The van der Waals surface area contributed by atoms with Gasteiger partial charge in [-0.2, -0.15) is 0 Å². The van der Waals surface area contributed by atoms with Crippen molar-refractivity contribution in [3.8, 4) is 55.8 Å². The van der Waals surface area contributed by atoms with Crippen LogP contribution in [0.2, 0.25) is 0 Å². The van der Waals surface area contributed by atoms with Crippen molar-refractivity contribution in [1.82, 2.24) is 4.98 Å². The van der Waals surface area contributed by atoms with Gasteiger partial charge in [-0.25, -0.2) is 4.98 Å². The van der Waals surface area contributed by atoms with Crippen LogP contribution in [0.4, 0.5) is 0 Å².